The zero-order chi connectivity index (χ0) is 25.4. The van der Waals surface area contributed by atoms with Gasteiger partial charge in [-0.2, -0.15) is 5.10 Å². The lowest BCUT2D eigenvalue weighted by Crippen LogP contribution is -2.41. The Labute approximate surface area is 214 Å². The van der Waals surface area contributed by atoms with Crippen molar-refractivity contribution in [3.8, 4) is 5.82 Å². The van der Waals surface area contributed by atoms with Crippen LogP contribution in [0.1, 0.15) is 40.3 Å². The number of hydrogen-bond acceptors (Lipinski definition) is 6. The summed E-state index contributed by atoms with van der Waals surface area (Å²) in [6, 6.07) is 7.66. The first kappa shape index (κ1) is 27.1. The van der Waals surface area contributed by atoms with Gasteiger partial charge in [0.05, 0.1) is 23.4 Å². The highest BCUT2D eigenvalue weighted by atomic mass is 79.9. The quantitative estimate of drug-likeness (QED) is 0.381. The minimum absolute atomic E-state index is 0.0146. The normalized spacial score (nSPS) is 9.97. The Bertz CT molecular complexity index is 1220. The first-order valence-electron chi connectivity index (χ1n) is 9.83. The monoisotopic (exact) mass is 570 g/mol. The number of pyridine rings is 1. The summed E-state index contributed by atoms with van der Waals surface area (Å²) < 4.78 is 6.05. The zero-order valence-corrected chi connectivity index (χ0v) is 21.7. The van der Waals surface area contributed by atoms with Gasteiger partial charge in [0.25, 0.3) is 11.8 Å². The van der Waals surface area contributed by atoms with Crippen LogP contribution in [0.3, 0.4) is 0 Å². The van der Waals surface area contributed by atoms with Gasteiger partial charge in [0, 0.05) is 17.3 Å². The Kier molecular flexibility index (Phi) is 9.84. The summed E-state index contributed by atoms with van der Waals surface area (Å²) in [5.41, 5.74) is 5.05. The molecule has 3 N–H and O–H groups in total. The molecule has 3 aromatic rings. The second kappa shape index (κ2) is 12.4. The van der Waals surface area contributed by atoms with E-state index in [2.05, 4.69) is 46.9 Å². The number of hydrazine groups is 1. The molecule has 13 heteroatoms. The van der Waals surface area contributed by atoms with Gasteiger partial charge in [0.2, 0.25) is 0 Å². The number of benzene rings is 1. The predicted molar refractivity (Wildman–Crippen MR) is 133 cm³/mol. The van der Waals surface area contributed by atoms with E-state index in [0.717, 1.165) is 7.11 Å². The van der Waals surface area contributed by atoms with Crippen molar-refractivity contribution in [2.75, 3.05) is 12.4 Å². The van der Waals surface area contributed by atoms with Gasteiger partial charge in [-0.15, -0.1) is 0 Å². The van der Waals surface area contributed by atoms with E-state index < -0.39 is 17.9 Å². The second-order valence-corrected chi connectivity index (χ2v) is 7.90. The molecule has 34 heavy (non-hydrogen) atoms. The third-order valence-corrected chi connectivity index (χ3v) is 5.00. The standard InChI is InChI=1S/C19H15BrCl2N6O4.C2H6/c1-9-6-10(21)7-11(17(29)25-26-19(31)32-2)15(9)24-18(30)13-8-14(20)27-28(13)16-12(22)4-3-5-23-16;1-2/h3-8H,1-2H3,(H,24,30)(H,25,29)(H,26,31);1-2H3. The van der Waals surface area contributed by atoms with Crippen LogP contribution in [0.25, 0.3) is 5.82 Å². The Hall–Kier alpha value is -3.15. The first-order chi connectivity index (χ1) is 16.2. The minimum atomic E-state index is -0.872. The van der Waals surface area contributed by atoms with E-state index in [1.807, 2.05) is 13.8 Å². The van der Waals surface area contributed by atoms with Crippen LogP contribution in [0.5, 0.6) is 0 Å². The SMILES string of the molecule is CC.COC(=O)NNC(=O)c1cc(Cl)cc(C)c1NC(=O)c1cc(Br)nn1-c1ncccc1Cl. The van der Waals surface area contributed by atoms with Gasteiger partial charge in [-0.1, -0.05) is 37.0 Å². The number of methoxy groups -OCH3 is 1. The third-order valence-electron chi connectivity index (χ3n) is 4.10. The maximum Gasteiger partial charge on any atom is 0.425 e. The molecule has 3 amide bonds. The van der Waals surface area contributed by atoms with Gasteiger partial charge in [-0.25, -0.2) is 19.9 Å². The van der Waals surface area contributed by atoms with Crippen LogP contribution >= 0.6 is 39.1 Å². The average molecular weight is 572 g/mol. The van der Waals surface area contributed by atoms with E-state index in [1.54, 1.807) is 25.1 Å². The Morgan fingerprint density at radius 3 is 2.44 bits per heavy atom. The summed E-state index contributed by atoms with van der Waals surface area (Å²) >= 11 is 15.5. The molecule has 2 heterocycles. The number of aryl methyl sites for hydroxylation is 1. The number of anilines is 1. The van der Waals surface area contributed by atoms with E-state index in [-0.39, 0.29) is 32.8 Å². The van der Waals surface area contributed by atoms with Gasteiger partial charge in [-0.05, 0) is 52.7 Å². The van der Waals surface area contributed by atoms with Crippen LogP contribution in [0, 0.1) is 6.92 Å². The highest BCUT2D eigenvalue weighted by molar-refractivity contribution is 9.10. The molecule has 2 aromatic heterocycles. The highest BCUT2D eigenvalue weighted by Gasteiger charge is 2.22. The number of nitrogens with zero attached hydrogens (tertiary/aromatic N) is 3. The summed E-state index contributed by atoms with van der Waals surface area (Å²) in [6.07, 6.45) is 0.641. The van der Waals surface area contributed by atoms with Gasteiger partial charge < -0.3 is 10.1 Å². The molecule has 1 aromatic carbocycles. The van der Waals surface area contributed by atoms with Crippen molar-refractivity contribution >= 4 is 62.7 Å². The molecule has 0 fully saturated rings. The molecular formula is C21H21BrCl2N6O4. The predicted octanol–water partition coefficient (Wildman–Crippen LogP) is 4.92. The van der Waals surface area contributed by atoms with Crippen LogP contribution in [0.2, 0.25) is 10.0 Å². The molecule has 3 rings (SSSR count). The second-order valence-electron chi connectivity index (χ2n) is 6.24. The maximum atomic E-state index is 13.1. The van der Waals surface area contributed by atoms with Gasteiger partial charge in [-0.3, -0.25) is 15.0 Å². The van der Waals surface area contributed by atoms with Gasteiger partial charge in [0.15, 0.2) is 5.82 Å². The number of ether oxygens (including phenoxy) is 1. The number of hydrogen-bond donors (Lipinski definition) is 3. The molecule has 0 saturated carbocycles. The van der Waals surface area contributed by atoms with Crippen molar-refractivity contribution in [3.05, 3.63) is 68.0 Å². The first-order valence-corrected chi connectivity index (χ1v) is 11.4. The molecule has 0 spiro atoms. The number of nitrogens with one attached hydrogen (secondary N) is 3. The number of halogens is 3. The van der Waals surface area contributed by atoms with E-state index in [9.17, 15) is 14.4 Å². The van der Waals surface area contributed by atoms with Gasteiger partial charge >= 0.3 is 6.09 Å². The van der Waals surface area contributed by atoms with Crippen molar-refractivity contribution in [2.45, 2.75) is 20.8 Å². The highest BCUT2D eigenvalue weighted by Crippen LogP contribution is 2.27. The Morgan fingerprint density at radius 1 is 1.09 bits per heavy atom. The van der Waals surface area contributed by atoms with E-state index in [1.165, 1.54) is 23.0 Å². The summed E-state index contributed by atoms with van der Waals surface area (Å²) in [6.45, 7) is 5.66. The largest absolute Gasteiger partial charge is 0.452 e. The van der Waals surface area contributed by atoms with Crippen molar-refractivity contribution in [3.63, 3.8) is 0 Å². The lowest BCUT2D eigenvalue weighted by molar-refractivity contribution is 0.0921. The lowest BCUT2D eigenvalue weighted by Gasteiger charge is -2.15. The minimum Gasteiger partial charge on any atom is -0.452 e. The number of amides is 3. The number of aromatic nitrogens is 3. The molecular weight excluding hydrogens is 551 g/mol. The summed E-state index contributed by atoms with van der Waals surface area (Å²) in [4.78, 5) is 41.2. The van der Waals surface area contributed by atoms with Crippen molar-refractivity contribution in [1.29, 1.82) is 0 Å². The molecule has 10 nitrogen and oxygen atoms in total. The molecule has 0 unspecified atom stereocenters. The van der Waals surface area contributed by atoms with E-state index in [4.69, 9.17) is 23.2 Å². The fourth-order valence-electron chi connectivity index (χ4n) is 2.70. The molecule has 0 aliphatic rings. The van der Waals surface area contributed by atoms with Crippen LogP contribution in [-0.4, -0.2) is 39.8 Å². The fraction of sp³-hybridized carbons (Fsp3) is 0.190. The fourth-order valence-corrected chi connectivity index (χ4v) is 3.55. The molecule has 0 aliphatic carbocycles. The maximum absolute atomic E-state index is 13.1. The Balaban J connectivity index is 0.00000199. The van der Waals surface area contributed by atoms with Crippen molar-refractivity contribution in [2.24, 2.45) is 0 Å². The molecule has 0 bridgehead atoms. The summed E-state index contributed by atoms with van der Waals surface area (Å²) in [5.74, 6) is -1.07. The average Bonchev–Trinajstić information content (AvgIpc) is 3.21. The van der Waals surface area contributed by atoms with Crippen molar-refractivity contribution < 1.29 is 19.1 Å². The molecule has 0 aliphatic heterocycles. The molecule has 0 atom stereocenters. The van der Waals surface area contributed by atoms with E-state index >= 15 is 0 Å². The van der Waals surface area contributed by atoms with Crippen LogP contribution < -0.4 is 16.2 Å². The summed E-state index contributed by atoms with van der Waals surface area (Å²) in [7, 11) is 1.14. The van der Waals surface area contributed by atoms with Crippen LogP contribution in [-0.2, 0) is 4.74 Å². The van der Waals surface area contributed by atoms with Crippen LogP contribution in [0.4, 0.5) is 10.5 Å². The molecule has 0 saturated heterocycles. The zero-order valence-electron chi connectivity index (χ0n) is 18.6. The third kappa shape index (κ3) is 6.46. The molecule has 0 radical (unpaired) electrons. The number of rotatable bonds is 4. The smallest absolute Gasteiger partial charge is 0.425 e. The van der Waals surface area contributed by atoms with E-state index in [0.29, 0.717) is 10.2 Å². The number of carbonyl (C=O) groups is 3. The Morgan fingerprint density at radius 2 is 1.79 bits per heavy atom. The topological polar surface area (TPSA) is 127 Å². The molecule has 180 valence electrons. The van der Waals surface area contributed by atoms with Crippen molar-refractivity contribution in [1.82, 2.24) is 25.6 Å². The summed E-state index contributed by atoms with van der Waals surface area (Å²) in [5, 5.41) is 7.46. The number of carbonyl (C=O) groups excluding carboxylic acids is 3. The van der Waals surface area contributed by atoms with Crippen LogP contribution in [0.15, 0.2) is 41.1 Å². The van der Waals surface area contributed by atoms with Gasteiger partial charge in [0.1, 0.15) is 10.3 Å². The lowest BCUT2D eigenvalue weighted by atomic mass is 10.1.